The monoisotopic (exact) mass is 220 g/mol. The van der Waals surface area contributed by atoms with Gasteiger partial charge in [0.25, 0.3) is 0 Å². The smallest absolute Gasteiger partial charge is 0.191 e. The normalized spacial score (nSPS) is 13.0. The molecule has 0 fully saturated rings. The van der Waals surface area contributed by atoms with Gasteiger partial charge in [0.15, 0.2) is 8.03 Å². The highest BCUT2D eigenvalue weighted by Gasteiger charge is 1.98. The molecular formula is C11H25O2P. The zero-order valence-electron chi connectivity index (χ0n) is 9.68. The summed E-state index contributed by atoms with van der Waals surface area (Å²) in [5, 5.41) is 0. The van der Waals surface area contributed by atoms with E-state index in [4.69, 9.17) is 4.52 Å². The highest BCUT2D eigenvalue weighted by Crippen LogP contribution is 2.24. The van der Waals surface area contributed by atoms with Crippen LogP contribution < -0.4 is 0 Å². The van der Waals surface area contributed by atoms with Crippen LogP contribution in [0.1, 0.15) is 58.8 Å². The van der Waals surface area contributed by atoms with E-state index in [9.17, 15) is 4.57 Å². The second-order valence-corrected chi connectivity index (χ2v) is 5.27. The van der Waals surface area contributed by atoms with Crippen LogP contribution in [0.25, 0.3) is 0 Å². The Kier molecular flexibility index (Phi) is 11.4. The zero-order valence-corrected chi connectivity index (χ0v) is 10.7. The lowest BCUT2D eigenvalue weighted by Crippen LogP contribution is -1.89. The van der Waals surface area contributed by atoms with Crippen molar-refractivity contribution in [2.24, 2.45) is 0 Å². The van der Waals surface area contributed by atoms with Crippen molar-refractivity contribution >= 4 is 8.03 Å². The molecule has 0 aromatic carbocycles. The highest BCUT2D eigenvalue weighted by atomic mass is 31.1. The fraction of sp³-hybridized carbons (Fsp3) is 1.00. The van der Waals surface area contributed by atoms with E-state index >= 15 is 0 Å². The van der Waals surface area contributed by atoms with Crippen LogP contribution in [0, 0.1) is 0 Å². The van der Waals surface area contributed by atoms with E-state index in [1.165, 1.54) is 25.7 Å². The third kappa shape index (κ3) is 10.3. The summed E-state index contributed by atoms with van der Waals surface area (Å²) in [5.41, 5.74) is 0. The minimum atomic E-state index is -1.69. The van der Waals surface area contributed by atoms with Crippen LogP contribution in [0.2, 0.25) is 0 Å². The molecule has 1 unspecified atom stereocenters. The summed E-state index contributed by atoms with van der Waals surface area (Å²) in [6, 6.07) is 0. The molecule has 0 heterocycles. The molecule has 3 heteroatoms. The van der Waals surface area contributed by atoms with Crippen LogP contribution in [0.3, 0.4) is 0 Å². The van der Waals surface area contributed by atoms with E-state index in [-0.39, 0.29) is 0 Å². The Morgan fingerprint density at radius 3 is 2.21 bits per heavy atom. The summed E-state index contributed by atoms with van der Waals surface area (Å²) in [6.45, 7) is 5.02. The van der Waals surface area contributed by atoms with Crippen LogP contribution in [-0.2, 0) is 9.09 Å². The van der Waals surface area contributed by atoms with Crippen molar-refractivity contribution < 1.29 is 9.09 Å². The summed E-state index contributed by atoms with van der Waals surface area (Å²) in [7, 11) is -1.69. The Hall–Kier alpha value is 0.190. The van der Waals surface area contributed by atoms with Gasteiger partial charge in [-0.2, -0.15) is 0 Å². The molecule has 86 valence electrons. The SMILES string of the molecule is CCCCCCCO[PH](=O)CCCC. The number of rotatable bonds is 10. The lowest BCUT2D eigenvalue weighted by atomic mass is 10.2. The molecule has 0 bridgehead atoms. The first-order valence-corrected chi connectivity index (χ1v) is 7.49. The van der Waals surface area contributed by atoms with Crippen LogP contribution in [0.4, 0.5) is 0 Å². The third-order valence-electron chi connectivity index (χ3n) is 2.25. The van der Waals surface area contributed by atoms with Crippen LogP contribution >= 0.6 is 8.03 Å². The maximum Gasteiger partial charge on any atom is 0.191 e. The molecule has 0 aliphatic rings. The molecular weight excluding hydrogens is 195 g/mol. The van der Waals surface area contributed by atoms with Gasteiger partial charge < -0.3 is 4.52 Å². The summed E-state index contributed by atoms with van der Waals surface area (Å²) >= 11 is 0. The van der Waals surface area contributed by atoms with E-state index in [0.29, 0.717) is 6.61 Å². The quantitative estimate of drug-likeness (QED) is 0.406. The minimum Gasteiger partial charge on any atom is -0.330 e. The molecule has 14 heavy (non-hydrogen) atoms. The van der Waals surface area contributed by atoms with Crippen LogP contribution in [0.5, 0.6) is 0 Å². The Bertz CT molecular complexity index is 137. The largest absolute Gasteiger partial charge is 0.330 e. The molecule has 0 aliphatic carbocycles. The van der Waals surface area contributed by atoms with Crippen molar-refractivity contribution in [1.82, 2.24) is 0 Å². The Morgan fingerprint density at radius 1 is 0.929 bits per heavy atom. The van der Waals surface area contributed by atoms with Crippen LogP contribution in [0.15, 0.2) is 0 Å². The van der Waals surface area contributed by atoms with E-state index < -0.39 is 8.03 Å². The minimum absolute atomic E-state index is 0.700. The molecule has 2 nitrogen and oxygen atoms in total. The molecule has 0 aromatic heterocycles. The second kappa shape index (κ2) is 11.3. The van der Waals surface area contributed by atoms with E-state index in [1.54, 1.807) is 0 Å². The van der Waals surface area contributed by atoms with E-state index in [1.807, 2.05) is 0 Å². The maximum atomic E-state index is 11.3. The predicted molar refractivity (Wildman–Crippen MR) is 63.5 cm³/mol. The van der Waals surface area contributed by atoms with Gasteiger partial charge in [-0.1, -0.05) is 46.0 Å². The average molecular weight is 220 g/mol. The predicted octanol–water partition coefficient (Wildman–Crippen LogP) is 4.25. The van der Waals surface area contributed by atoms with Crippen molar-refractivity contribution in [3.05, 3.63) is 0 Å². The molecule has 0 rings (SSSR count). The Balaban J connectivity index is 3.07. The molecule has 0 N–H and O–H groups in total. The van der Waals surface area contributed by atoms with Gasteiger partial charge in [0, 0.05) is 6.16 Å². The molecule has 0 spiro atoms. The van der Waals surface area contributed by atoms with Crippen molar-refractivity contribution in [3.8, 4) is 0 Å². The van der Waals surface area contributed by atoms with Crippen molar-refractivity contribution in [2.45, 2.75) is 58.8 Å². The first-order chi connectivity index (χ1) is 6.81. The Labute approximate surface area is 89.3 Å². The molecule has 0 saturated heterocycles. The molecule has 0 amide bonds. The lowest BCUT2D eigenvalue weighted by Gasteiger charge is -2.03. The Morgan fingerprint density at radius 2 is 1.57 bits per heavy atom. The van der Waals surface area contributed by atoms with Gasteiger partial charge in [-0.05, 0) is 12.8 Å². The van der Waals surface area contributed by atoms with E-state index in [2.05, 4.69) is 13.8 Å². The molecule has 0 aliphatic heterocycles. The lowest BCUT2D eigenvalue weighted by molar-refractivity contribution is 0.315. The van der Waals surface area contributed by atoms with Gasteiger partial charge in [-0.25, -0.2) is 0 Å². The van der Waals surface area contributed by atoms with Gasteiger partial charge in [0.05, 0.1) is 6.61 Å². The molecule has 0 aromatic rings. The van der Waals surface area contributed by atoms with Crippen molar-refractivity contribution in [3.63, 3.8) is 0 Å². The fourth-order valence-corrected chi connectivity index (χ4v) is 2.44. The summed E-state index contributed by atoms with van der Waals surface area (Å²) in [4.78, 5) is 0. The molecule has 1 atom stereocenters. The standard InChI is InChI=1S/C11H25O2P/c1-3-5-7-8-9-10-13-14(12)11-6-4-2/h14H,3-11H2,1-2H3. The zero-order chi connectivity index (χ0) is 10.6. The summed E-state index contributed by atoms with van der Waals surface area (Å²) in [5.74, 6) is 0. The fourth-order valence-electron chi connectivity index (χ4n) is 1.28. The second-order valence-electron chi connectivity index (χ2n) is 3.74. The highest BCUT2D eigenvalue weighted by molar-refractivity contribution is 7.39. The van der Waals surface area contributed by atoms with E-state index in [0.717, 1.165) is 25.4 Å². The maximum absolute atomic E-state index is 11.3. The third-order valence-corrected chi connectivity index (χ3v) is 3.53. The van der Waals surface area contributed by atoms with Gasteiger partial charge in [-0.15, -0.1) is 0 Å². The summed E-state index contributed by atoms with van der Waals surface area (Å²) in [6.07, 6.45) is 9.08. The number of unbranched alkanes of at least 4 members (excludes halogenated alkanes) is 5. The van der Waals surface area contributed by atoms with Crippen molar-refractivity contribution in [2.75, 3.05) is 12.8 Å². The average Bonchev–Trinajstić information content (AvgIpc) is 2.20. The first-order valence-electron chi connectivity index (χ1n) is 5.96. The van der Waals surface area contributed by atoms with Gasteiger partial charge >= 0.3 is 0 Å². The van der Waals surface area contributed by atoms with Gasteiger partial charge in [-0.3, -0.25) is 4.57 Å². The number of hydrogen-bond donors (Lipinski definition) is 0. The topological polar surface area (TPSA) is 26.3 Å². The first kappa shape index (κ1) is 14.2. The molecule has 0 radical (unpaired) electrons. The van der Waals surface area contributed by atoms with Gasteiger partial charge in [0.2, 0.25) is 0 Å². The van der Waals surface area contributed by atoms with Gasteiger partial charge in [0.1, 0.15) is 0 Å². The number of hydrogen-bond acceptors (Lipinski definition) is 2. The van der Waals surface area contributed by atoms with Crippen molar-refractivity contribution in [1.29, 1.82) is 0 Å². The summed E-state index contributed by atoms with van der Waals surface area (Å²) < 4.78 is 16.5. The molecule has 0 saturated carbocycles. The van der Waals surface area contributed by atoms with Crippen LogP contribution in [-0.4, -0.2) is 12.8 Å².